The van der Waals surface area contributed by atoms with Gasteiger partial charge in [-0.3, -0.25) is 0 Å². The van der Waals surface area contributed by atoms with Crippen LogP contribution >= 0.6 is 0 Å². The number of hydrogen-bond donors (Lipinski definition) is 1. The minimum absolute atomic E-state index is 0.296. The summed E-state index contributed by atoms with van der Waals surface area (Å²) in [5, 5.41) is 3.53. The normalized spacial score (nSPS) is 14.9. The first-order valence-corrected chi connectivity index (χ1v) is 6.05. The highest BCUT2D eigenvalue weighted by Gasteiger charge is 2.20. The zero-order valence-corrected chi connectivity index (χ0v) is 10.5. The molecule has 3 heteroatoms. The largest absolute Gasteiger partial charge is 0.468 e. The van der Waals surface area contributed by atoms with Gasteiger partial charge in [-0.1, -0.05) is 13.8 Å². The van der Waals surface area contributed by atoms with Gasteiger partial charge in [0.25, 0.3) is 0 Å². The molecule has 0 saturated heterocycles. The van der Waals surface area contributed by atoms with Crippen molar-refractivity contribution in [2.45, 2.75) is 32.7 Å². The number of furan rings is 1. The predicted molar refractivity (Wildman–Crippen MR) is 65.4 cm³/mol. The van der Waals surface area contributed by atoms with E-state index < -0.39 is 0 Å². The molecule has 1 aromatic heterocycles. The number of rotatable bonds is 8. The zero-order chi connectivity index (χ0) is 11.8. The molecule has 0 aliphatic carbocycles. The molecule has 0 bridgehead atoms. The Balaban J connectivity index is 2.56. The molecule has 2 atom stereocenters. The van der Waals surface area contributed by atoms with E-state index in [1.807, 2.05) is 12.1 Å². The van der Waals surface area contributed by atoms with Crippen molar-refractivity contribution in [3.63, 3.8) is 0 Å². The highest BCUT2D eigenvalue weighted by Crippen LogP contribution is 2.24. The minimum Gasteiger partial charge on any atom is -0.468 e. The van der Waals surface area contributed by atoms with E-state index in [0.717, 1.165) is 31.8 Å². The first-order chi connectivity index (χ1) is 7.79. The van der Waals surface area contributed by atoms with Crippen molar-refractivity contribution in [3.05, 3.63) is 24.2 Å². The number of methoxy groups -OCH3 is 1. The molecule has 16 heavy (non-hydrogen) atoms. The Kier molecular flexibility index (Phi) is 6.19. The average Bonchev–Trinajstić information content (AvgIpc) is 2.80. The maximum atomic E-state index is 5.49. The molecule has 3 nitrogen and oxygen atoms in total. The molecule has 0 fully saturated rings. The fraction of sp³-hybridized carbons (Fsp3) is 0.692. The highest BCUT2D eigenvalue weighted by molar-refractivity contribution is 5.05. The molecular formula is C13H23NO2. The summed E-state index contributed by atoms with van der Waals surface area (Å²) in [6.45, 7) is 6.22. The number of hydrogen-bond acceptors (Lipinski definition) is 3. The van der Waals surface area contributed by atoms with Gasteiger partial charge < -0.3 is 14.5 Å². The lowest BCUT2D eigenvalue weighted by molar-refractivity contribution is 0.166. The minimum atomic E-state index is 0.296. The van der Waals surface area contributed by atoms with E-state index in [9.17, 15) is 0 Å². The lowest BCUT2D eigenvalue weighted by Crippen LogP contribution is -2.28. The summed E-state index contributed by atoms with van der Waals surface area (Å²) in [6.07, 6.45) is 3.91. The maximum Gasteiger partial charge on any atom is 0.120 e. The van der Waals surface area contributed by atoms with Crippen LogP contribution in [0.15, 0.2) is 22.8 Å². The standard InChI is InChI=1S/C13H23NO2/c1-4-8-14-13(11(2)7-10-15-3)12-6-5-9-16-12/h5-6,9,11,13-14H,4,7-8,10H2,1-3H3. The van der Waals surface area contributed by atoms with Gasteiger partial charge in [-0.05, 0) is 37.4 Å². The molecule has 92 valence electrons. The van der Waals surface area contributed by atoms with Crippen LogP contribution in [-0.2, 0) is 4.74 Å². The quantitative estimate of drug-likeness (QED) is 0.738. The molecule has 0 spiro atoms. The summed E-state index contributed by atoms with van der Waals surface area (Å²) in [5.41, 5.74) is 0. The van der Waals surface area contributed by atoms with Gasteiger partial charge in [0.2, 0.25) is 0 Å². The van der Waals surface area contributed by atoms with Gasteiger partial charge in [-0.2, -0.15) is 0 Å². The number of ether oxygens (including phenoxy) is 1. The van der Waals surface area contributed by atoms with Crippen LogP contribution in [0.3, 0.4) is 0 Å². The summed E-state index contributed by atoms with van der Waals surface area (Å²) in [4.78, 5) is 0. The van der Waals surface area contributed by atoms with Gasteiger partial charge in [-0.15, -0.1) is 0 Å². The predicted octanol–water partition coefficient (Wildman–Crippen LogP) is 2.99. The summed E-state index contributed by atoms with van der Waals surface area (Å²) < 4.78 is 10.6. The van der Waals surface area contributed by atoms with Gasteiger partial charge >= 0.3 is 0 Å². The highest BCUT2D eigenvalue weighted by atomic mass is 16.5. The van der Waals surface area contributed by atoms with E-state index in [1.165, 1.54) is 0 Å². The van der Waals surface area contributed by atoms with Crippen LogP contribution in [0, 0.1) is 5.92 Å². The van der Waals surface area contributed by atoms with E-state index in [-0.39, 0.29) is 0 Å². The zero-order valence-electron chi connectivity index (χ0n) is 10.5. The first-order valence-electron chi connectivity index (χ1n) is 6.05. The van der Waals surface area contributed by atoms with Crippen LogP contribution in [0.4, 0.5) is 0 Å². The fourth-order valence-corrected chi connectivity index (χ4v) is 1.82. The summed E-state index contributed by atoms with van der Waals surface area (Å²) in [5.74, 6) is 1.54. The van der Waals surface area contributed by atoms with Crippen LogP contribution in [0.1, 0.15) is 38.5 Å². The van der Waals surface area contributed by atoms with Crippen LogP contribution in [0.25, 0.3) is 0 Å². The van der Waals surface area contributed by atoms with E-state index in [1.54, 1.807) is 13.4 Å². The molecular weight excluding hydrogens is 202 g/mol. The fourth-order valence-electron chi connectivity index (χ4n) is 1.82. The Hall–Kier alpha value is -0.800. The van der Waals surface area contributed by atoms with Crippen molar-refractivity contribution in [1.29, 1.82) is 0 Å². The first kappa shape index (κ1) is 13.3. The molecule has 1 aromatic rings. The molecule has 1 N–H and O–H groups in total. The second-order valence-corrected chi connectivity index (χ2v) is 4.21. The van der Waals surface area contributed by atoms with Crippen molar-refractivity contribution in [3.8, 4) is 0 Å². The van der Waals surface area contributed by atoms with Gasteiger partial charge in [0.05, 0.1) is 12.3 Å². The molecule has 1 heterocycles. The van der Waals surface area contributed by atoms with Crippen LogP contribution in [0.5, 0.6) is 0 Å². The third-order valence-corrected chi connectivity index (χ3v) is 2.81. The topological polar surface area (TPSA) is 34.4 Å². The van der Waals surface area contributed by atoms with Crippen LogP contribution in [0.2, 0.25) is 0 Å². The maximum absolute atomic E-state index is 5.49. The van der Waals surface area contributed by atoms with Crippen LogP contribution in [-0.4, -0.2) is 20.3 Å². The molecule has 0 aliphatic rings. The molecule has 0 radical (unpaired) electrons. The summed E-state index contributed by atoms with van der Waals surface area (Å²) in [7, 11) is 1.74. The molecule has 0 aromatic carbocycles. The Morgan fingerprint density at radius 3 is 2.88 bits per heavy atom. The van der Waals surface area contributed by atoms with Gasteiger partial charge in [0.15, 0.2) is 0 Å². The van der Waals surface area contributed by atoms with E-state index in [0.29, 0.717) is 12.0 Å². The molecule has 0 amide bonds. The molecule has 0 saturated carbocycles. The van der Waals surface area contributed by atoms with Gasteiger partial charge in [-0.25, -0.2) is 0 Å². The van der Waals surface area contributed by atoms with Crippen molar-refractivity contribution in [1.82, 2.24) is 5.32 Å². The van der Waals surface area contributed by atoms with Crippen molar-refractivity contribution in [2.24, 2.45) is 5.92 Å². The van der Waals surface area contributed by atoms with E-state index in [2.05, 4.69) is 19.2 Å². The molecule has 0 aliphatic heterocycles. The van der Waals surface area contributed by atoms with Gasteiger partial charge in [0, 0.05) is 13.7 Å². The average molecular weight is 225 g/mol. The number of nitrogens with one attached hydrogen (secondary N) is 1. The van der Waals surface area contributed by atoms with Gasteiger partial charge in [0.1, 0.15) is 5.76 Å². The Bertz CT molecular complexity index is 259. The summed E-state index contributed by atoms with van der Waals surface area (Å²) in [6, 6.07) is 4.28. The smallest absolute Gasteiger partial charge is 0.120 e. The Morgan fingerprint density at radius 1 is 1.50 bits per heavy atom. The Morgan fingerprint density at radius 2 is 2.31 bits per heavy atom. The molecule has 2 unspecified atom stereocenters. The SMILES string of the molecule is CCCNC(c1ccco1)C(C)CCOC. The van der Waals surface area contributed by atoms with Crippen molar-refractivity contribution in [2.75, 3.05) is 20.3 Å². The third kappa shape index (κ3) is 3.99. The van der Waals surface area contributed by atoms with Crippen molar-refractivity contribution >= 4 is 0 Å². The van der Waals surface area contributed by atoms with Crippen LogP contribution < -0.4 is 5.32 Å². The Labute approximate surface area is 98.2 Å². The molecule has 1 rings (SSSR count). The second kappa shape index (κ2) is 7.47. The monoisotopic (exact) mass is 225 g/mol. The van der Waals surface area contributed by atoms with E-state index >= 15 is 0 Å². The third-order valence-electron chi connectivity index (χ3n) is 2.81. The second-order valence-electron chi connectivity index (χ2n) is 4.21. The lowest BCUT2D eigenvalue weighted by Gasteiger charge is -2.23. The summed E-state index contributed by atoms with van der Waals surface area (Å²) >= 11 is 0. The van der Waals surface area contributed by atoms with Crippen molar-refractivity contribution < 1.29 is 9.15 Å². The van der Waals surface area contributed by atoms with E-state index in [4.69, 9.17) is 9.15 Å². The lowest BCUT2D eigenvalue weighted by atomic mass is 9.96.